The Labute approximate surface area is 321 Å². The van der Waals surface area contributed by atoms with E-state index in [2.05, 4.69) is 5.32 Å². The van der Waals surface area contributed by atoms with Crippen molar-refractivity contribution in [2.24, 2.45) is 0 Å². The number of nitrogens with one attached hydrogen (secondary N) is 1. The quantitative estimate of drug-likeness (QED) is 0.224. The minimum absolute atomic E-state index is 0.0141. The van der Waals surface area contributed by atoms with Gasteiger partial charge in [-0.05, 0) is 54.8 Å². The third-order valence-corrected chi connectivity index (χ3v) is 13.5. The third kappa shape index (κ3) is 4.97. The Morgan fingerprint density at radius 1 is 0.982 bits per heavy atom. The number of benzene rings is 3. The zero-order valence-corrected chi connectivity index (χ0v) is 32.1. The smallest absolute Gasteiger partial charge is 0.331 e. The molecule has 15 nitrogen and oxygen atoms in total. The number of esters is 2. The molecule has 8 aliphatic rings. The number of rotatable bonds is 4. The lowest BCUT2D eigenvalue weighted by atomic mass is 9.78. The van der Waals surface area contributed by atoms with Crippen LogP contribution < -0.4 is 33.7 Å². The van der Waals surface area contributed by atoms with Crippen molar-refractivity contribution in [2.75, 3.05) is 60.6 Å². The van der Waals surface area contributed by atoms with E-state index in [0.717, 1.165) is 16.7 Å². The molecule has 55 heavy (non-hydrogen) atoms. The van der Waals surface area contributed by atoms with E-state index >= 15 is 0 Å². The summed E-state index contributed by atoms with van der Waals surface area (Å²) in [5.41, 5.74) is 1.67. The second kappa shape index (κ2) is 12.7. The van der Waals surface area contributed by atoms with Gasteiger partial charge in [0.1, 0.15) is 12.3 Å². The number of carbonyl (C=O) groups excluding carboxylic acids is 2. The summed E-state index contributed by atoms with van der Waals surface area (Å²) in [6.45, 7) is 3.40. The minimum atomic E-state index is -1.55. The number of piperazine rings is 1. The molecule has 4 bridgehead atoms. The van der Waals surface area contributed by atoms with Gasteiger partial charge in [0, 0.05) is 54.9 Å². The monoisotopic (exact) mass is 777 g/mol. The summed E-state index contributed by atoms with van der Waals surface area (Å²) in [5.74, 6) is 0.389. The molecule has 2 fully saturated rings. The number of aryl methyl sites for hydroxylation is 1. The number of hydrogen-bond acceptors (Lipinski definition) is 16. The predicted molar refractivity (Wildman–Crippen MR) is 196 cm³/mol. The van der Waals surface area contributed by atoms with Crippen LogP contribution in [0.2, 0.25) is 0 Å². The number of aliphatic hydroxyl groups is 1. The Kier molecular flexibility index (Phi) is 8.33. The van der Waals surface area contributed by atoms with Crippen LogP contribution in [0.5, 0.6) is 46.0 Å². The van der Waals surface area contributed by atoms with Gasteiger partial charge in [0.15, 0.2) is 40.0 Å². The molecule has 16 heteroatoms. The first kappa shape index (κ1) is 36.1. The van der Waals surface area contributed by atoms with Crippen molar-refractivity contribution in [1.82, 2.24) is 15.1 Å². The molecule has 8 aliphatic heterocycles. The van der Waals surface area contributed by atoms with Crippen molar-refractivity contribution in [1.29, 1.82) is 0 Å². The van der Waals surface area contributed by atoms with Gasteiger partial charge in [0.2, 0.25) is 18.3 Å². The summed E-state index contributed by atoms with van der Waals surface area (Å²) in [7, 11) is 6.35. The van der Waals surface area contributed by atoms with Crippen LogP contribution in [0.1, 0.15) is 63.2 Å². The molecule has 3 aromatic carbocycles. The minimum Gasteiger partial charge on any atom is -0.504 e. The average Bonchev–Trinajstić information content (AvgIpc) is 3.55. The van der Waals surface area contributed by atoms with Gasteiger partial charge in [-0.2, -0.15) is 0 Å². The van der Waals surface area contributed by atoms with Crippen LogP contribution in [-0.4, -0.2) is 109 Å². The topological polar surface area (TPSA) is 178 Å². The normalized spacial score (nSPS) is 30.0. The van der Waals surface area contributed by atoms with Crippen LogP contribution in [0, 0.1) is 6.92 Å². The molecule has 292 valence electrons. The summed E-state index contributed by atoms with van der Waals surface area (Å²) < 4.78 is 41.8. The van der Waals surface area contributed by atoms with Crippen LogP contribution in [0.4, 0.5) is 0 Å². The molecule has 8 heterocycles. The molecule has 11 rings (SSSR count). The molecule has 1 spiro atoms. The Morgan fingerprint density at radius 3 is 2.47 bits per heavy atom. The standard InChI is InChI=1S/C39H43N3O12S/c1-17-9-20-12-38(47)14-41(3)28(25(20)30(45)31(17)49-5)29-36-27-26(32-35(53-16-52-32)34(50-6)33(27)54-18(2)43)22(42(29)38)13-51-37(46)39(15-55-36)21-11-24(48-4)23(44)10-19(21)7-8-40-39/h9-11,22,28-29,36,40,44-45,47H,7-8,12-16H2,1-6H3/t22-,28-,29+,36+,38?,39+/m0/s1. The number of ether oxygens (including phenoxy) is 7. The van der Waals surface area contributed by atoms with Gasteiger partial charge in [-0.3, -0.25) is 19.9 Å². The van der Waals surface area contributed by atoms with Gasteiger partial charge in [0.25, 0.3) is 0 Å². The van der Waals surface area contributed by atoms with Crippen molar-refractivity contribution < 1.29 is 58.1 Å². The highest BCUT2D eigenvalue weighted by atomic mass is 32.2. The lowest BCUT2D eigenvalue weighted by Gasteiger charge is -2.60. The SMILES string of the molecule is COc1cc2c(cc1O)CCN[C@]21CS[C@@H]2c3c(OC(C)=O)c(OC)c4c(c3[C@H](COC1=O)N1[C@@H]2[C@@H]2c3c(cc(C)c(OC)c3O)CC1(O)CN2C)OCO4. The zero-order chi connectivity index (χ0) is 38.7. The molecule has 0 saturated carbocycles. The first-order valence-corrected chi connectivity index (χ1v) is 19.2. The highest BCUT2D eigenvalue weighted by molar-refractivity contribution is 7.99. The van der Waals surface area contributed by atoms with Crippen LogP contribution in [-0.2, 0) is 32.7 Å². The van der Waals surface area contributed by atoms with Crippen molar-refractivity contribution in [3.05, 3.63) is 57.1 Å². The van der Waals surface area contributed by atoms with E-state index in [1.807, 2.05) is 29.8 Å². The molecule has 3 aromatic rings. The van der Waals surface area contributed by atoms with E-state index in [4.69, 9.17) is 33.2 Å². The van der Waals surface area contributed by atoms with E-state index < -0.39 is 46.6 Å². The fourth-order valence-corrected chi connectivity index (χ4v) is 11.8. The summed E-state index contributed by atoms with van der Waals surface area (Å²) in [6.07, 6.45) is 0.691. The maximum absolute atomic E-state index is 14.8. The lowest BCUT2D eigenvalue weighted by Crippen LogP contribution is -2.70. The van der Waals surface area contributed by atoms with Gasteiger partial charge in [0.05, 0.1) is 38.7 Å². The number of nitrogens with zero attached hydrogens (tertiary/aromatic N) is 2. The van der Waals surface area contributed by atoms with Gasteiger partial charge < -0.3 is 48.5 Å². The lowest BCUT2D eigenvalue weighted by molar-refractivity contribution is -0.215. The molecule has 4 N–H and O–H groups in total. The molecule has 0 aliphatic carbocycles. The maximum atomic E-state index is 14.8. The van der Waals surface area contributed by atoms with E-state index in [0.29, 0.717) is 46.7 Å². The molecule has 0 aromatic heterocycles. The number of hydrogen-bond donors (Lipinski definition) is 4. The summed E-state index contributed by atoms with van der Waals surface area (Å²) >= 11 is 1.42. The number of carbonyl (C=O) groups is 2. The molecule has 7 atom stereocenters. The zero-order valence-electron chi connectivity index (χ0n) is 31.3. The van der Waals surface area contributed by atoms with Crippen molar-refractivity contribution in [2.45, 2.75) is 61.3 Å². The summed E-state index contributed by atoms with van der Waals surface area (Å²) in [4.78, 5) is 31.8. The van der Waals surface area contributed by atoms with E-state index in [-0.39, 0.29) is 66.6 Å². The Balaban J connectivity index is 1.34. The Hall–Kier alpha value is -4.61. The van der Waals surface area contributed by atoms with Crippen LogP contribution in [0.25, 0.3) is 0 Å². The van der Waals surface area contributed by atoms with Gasteiger partial charge in [-0.1, -0.05) is 6.07 Å². The van der Waals surface area contributed by atoms with E-state index in [1.165, 1.54) is 40.0 Å². The maximum Gasteiger partial charge on any atom is 0.331 e. The predicted octanol–water partition coefficient (Wildman–Crippen LogP) is 3.12. The van der Waals surface area contributed by atoms with Gasteiger partial charge in [-0.25, -0.2) is 4.79 Å². The average molecular weight is 778 g/mol. The fourth-order valence-electron chi connectivity index (χ4n) is 10.1. The Morgan fingerprint density at radius 2 is 1.75 bits per heavy atom. The van der Waals surface area contributed by atoms with E-state index in [1.54, 1.807) is 12.1 Å². The highest BCUT2D eigenvalue weighted by Gasteiger charge is 2.64. The molecule has 2 saturated heterocycles. The summed E-state index contributed by atoms with van der Waals surface area (Å²) in [6, 6.07) is 3.23. The third-order valence-electron chi connectivity index (χ3n) is 12.0. The molecule has 0 amide bonds. The van der Waals surface area contributed by atoms with Crippen molar-refractivity contribution >= 4 is 23.7 Å². The molecular formula is C39H43N3O12S. The van der Waals surface area contributed by atoms with Crippen molar-refractivity contribution in [3.8, 4) is 46.0 Å². The number of likely N-dealkylation sites (N-methyl/N-ethyl adjacent to an activating group) is 1. The second-order valence-corrected chi connectivity index (χ2v) is 16.2. The second-order valence-electron chi connectivity index (χ2n) is 15.0. The number of aromatic hydroxyl groups is 2. The number of thioether (sulfide) groups is 1. The van der Waals surface area contributed by atoms with E-state index in [9.17, 15) is 24.9 Å². The molecule has 0 radical (unpaired) electrons. The first-order chi connectivity index (χ1) is 26.4. The van der Waals surface area contributed by atoms with Gasteiger partial charge in [-0.15, -0.1) is 11.8 Å². The molecular weight excluding hydrogens is 735 g/mol. The fraction of sp³-hybridized carbons (Fsp3) is 0.487. The van der Waals surface area contributed by atoms with Gasteiger partial charge >= 0.3 is 11.9 Å². The molecule has 2 unspecified atom stereocenters. The van der Waals surface area contributed by atoms with Crippen LogP contribution in [0.15, 0.2) is 18.2 Å². The number of fused-ring (bicyclic) bond motifs is 6. The van der Waals surface area contributed by atoms with Crippen LogP contribution >= 0.6 is 11.8 Å². The number of methoxy groups -OCH3 is 3. The number of phenolic OH excluding ortho intramolecular Hbond substituents is 2. The first-order valence-electron chi connectivity index (χ1n) is 18.1. The van der Waals surface area contributed by atoms with Crippen LogP contribution in [0.3, 0.4) is 0 Å². The number of phenols is 2. The van der Waals surface area contributed by atoms with Crippen molar-refractivity contribution in [3.63, 3.8) is 0 Å². The largest absolute Gasteiger partial charge is 0.504 e. The summed E-state index contributed by atoms with van der Waals surface area (Å²) in [5, 5.41) is 38.7. The Bertz CT molecular complexity index is 2160. The highest BCUT2D eigenvalue weighted by Crippen LogP contribution is 2.66.